The first-order valence-electron chi connectivity index (χ1n) is 5.50. The molecule has 2 N–H and O–H groups in total. The normalized spacial score (nSPS) is 28.0. The number of aliphatic hydroxyl groups is 1. The zero-order valence-electron chi connectivity index (χ0n) is 9.28. The first kappa shape index (κ1) is 12.1. The molecule has 0 aliphatic carbocycles. The summed E-state index contributed by atoms with van der Waals surface area (Å²) < 4.78 is 8.14. The molecule has 0 amide bonds. The smallest absolute Gasteiger partial charge is 0.278 e. The van der Waals surface area contributed by atoms with E-state index in [0.29, 0.717) is 12.1 Å². The molecule has 0 spiro atoms. The molecule has 0 bridgehead atoms. The fourth-order valence-corrected chi connectivity index (χ4v) is 2.89. The Morgan fingerprint density at radius 2 is 2.44 bits per heavy atom. The van der Waals surface area contributed by atoms with Crippen LogP contribution in [0, 0.1) is 0 Å². The van der Waals surface area contributed by atoms with Gasteiger partial charge in [0.05, 0.1) is 24.9 Å². The number of hydrogen-bond donors (Lipinski definition) is 2. The maximum absolute atomic E-state index is 11.5. The fraction of sp³-hybridized carbons (Fsp3) is 0.500. The number of imidazole rings is 1. The molecule has 0 radical (unpaired) electrons. The van der Waals surface area contributed by atoms with Crippen molar-refractivity contribution in [3.63, 3.8) is 0 Å². The van der Waals surface area contributed by atoms with Gasteiger partial charge >= 0.3 is 0 Å². The number of nitrogens with zero attached hydrogens (tertiary/aromatic N) is 3. The predicted octanol–water partition coefficient (Wildman–Crippen LogP) is 0.203. The molecule has 0 aromatic carbocycles. The second kappa shape index (κ2) is 4.59. The van der Waals surface area contributed by atoms with Crippen molar-refractivity contribution in [1.82, 2.24) is 19.5 Å². The van der Waals surface area contributed by atoms with Crippen molar-refractivity contribution in [3.05, 3.63) is 23.0 Å². The summed E-state index contributed by atoms with van der Waals surface area (Å²) in [5.41, 5.74) is 0.487. The lowest BCUT2D eigenvalue weighted by Crippen LogP contribution is -2.21. The number of fused-ring (bicyclic) bond motifs is 1. The number of halogens is 1. The van der Waals surface area contributed by atoms with E-state index in [0.717, 1.165) is 4.43 Å². The van der Waals surface area contributed by atoms with Crippen LogP contribution in [-0.4, -0.2) is 41.3 Å². The minimum atomic E-state index is -0.494. The van der Waals surface area contributed by atoms with E-state index in [1.165, 1.54) is 12.7 Å². The van der Waals surface area contributed by atoms with Gasteiger partial charge in [-0.2, -0.15) is 0 Å². The van der Waals surface area contributed by atoms with Crippen LogP contribution in [0.3, 0.4) is 0 Å². The molecule has 1 aliphatic rings. The third-order valence-corrected chi connectivity index (χ3v) is 3.90. The fourth-order valence-electron chi connectivity index (χ4n) is 2.10. The Bertz CT molecular complexity index is 625. The molecule has 18 heavy (non-hydrogen) atoms. The Labute approximate surface area is 115 Å². The maximum atomic E-state index is 11.5. The number of hydrogen-bond acceptors (Lipinski definition) is 5. The average molecular weight is 362 g/mol. The summed E-state index contributed by atoms with van der Waals surface area (Å²) in [4.78, 5) is 22.1. The van der Waals surface area contributed by atoms with E-state index >= 15 is 0 Å². The molecule has 3 atom stereocenters. The van der Waals surface area contributed by atoms with E-state index in [-0.39, 0.29) is 23.4 Å². The number of aromatic nitrogens is 4. The lowest BCUT2D eigenvalue weighted by Gasteiger charge is -2.13. The first-order valence-corrected chi connectivity index (χ1v) is 7.03. The molecule has 7 nitrogen and oxygen atoms in total. The van der Waals surface area contributed by atoms with Crippen molar-refractivity contribution in [1.29, 1.82) is 0 Å². The Balaban J connectivity index is 2.01. The van der Waals surface area contributed by atoms with Crippen LogP contribution in [0.15, 0.2) is 17.4 Å². The lowest BCUT2D eigenvalue weighted by atomic mass is 10.2. The van der Waals surface area contributed by atoms with E-state index in [9.17, 15) is 9.90 Å². The highest BCUT2D eigenvalue weighted by Gasteiger charge is 2.34. The molecule has 3 heterocycles. The number of nitrogens with one attached hydrogen (secondary N) is 1. The number of rotatable bonds is 2. The van der Waals surface area contributed by atoms with Crippen LogP contribution in [0.25, 0.3) is 11.2 Å². The molecule has 2 aromatic rings. The van der Waals surface area contributed by atoms with Gasteiger partial charge in [0.25, 0.3) is 5.56 Å². The molecule has 1 fully saturated rings. The molecule has 1 saturated heterocycles. The molecule has 0 unspecified atom stereocenters. The highest BCUT2D eigenvalue weighted by molar-refractivity contribution is 14.1. The zero-order chi connectivity index (χ0) is 12.7. The SMILES string of the molecule is O=c1[nH]cnc2c1ncn2[C@H]1C[C@H](O)[C@@H](CI)O1. The Hall–Kier alpha value is -1.00. The van der Waals surface area contributed by atoms with Crippen LogP contribution in [-0.2, 0) is 4.74 Å². The number of aromatic amines is 1. The van der Waals surface area contributed by atoms with Crippen molar-refractivity contribution < 1.29 is 9.84 Å². The zero-order valence-corrected chi connectivity index (χ0v) is 11.4. The van der Waals surface area contributed by atoms with Gasteiger partial charge in [-0.3, -0.25) is 9.36 Å². The number of aliphatic hydroxyl groups excluding tert-OH is 1. The van der Waals surface area contributed by atoms with Crippen LogP contribution < -0.4 is 5.56 Å². The third-order valence-electron chi connectivity index (χ3n) is 3.03. The summed E-state index contributed by atoms with van der Waals surface area (Å²) in [5, 5.41) is 9.83. The Kier molecular flexibility index (Phi) is 3.08. The molecule has 1 aliphatic heterocycles. The molecule has 0 saturated carbocycles. The molecule has 96 valence electrons. The molecular formula is C10H11IN4O3. The number of ether oxygens (including phenoxy) is 1. The summed E-state index contributed by atoms with van der Waals surface area (Å²) in [6, 6.07) is 0. The lowest BCUT2D eigenvalue weighted by molar-refractivity contribution is -0.00221. The van der Waals surface area contributed by atoms with Gasteiger partial charge in [-0.05, 0) is 0 Å². The Morgan fingerprint density at radius 1 is 1.61 bits per heavy atom. The van der Waals surface area contributed by atoms with E-state index in [2.05, 4.69) is 37.5 Å². The van der Waals surface area contributed by atoms with Crippen molar-refractivity contribution in [3.8, 4) is 0 Å². The summed E-state index contributed by atoms with van der Waals surface area (Å²) in [5.74, 6) is 0. The number of alkyl halides is 1. The van der Waals surface area contributed by atoms with Crippen LogP contribution >= 0.6 is 22.6 Å². The summed E-state index contributed by atoms with van der Waals surface area (Å²) in [6.07, 6.45) is 2.35. The molecule has 3 rings (SSSR count). The van der Waals surface area contributed by atoms with Gasteiger partial charge < -0.3 is 14.8 Å². The molecule has 8 heteroatoms. The van der Waals surface area contributed by atoms with Gasteiger partial charge in [0.2, 0.25) is 0 Å². The van der Waals surface area contributed by atoms with E-state index < -0.39 is 6.10 Å². The van der Waals surface area contributed by atoms with Gasteiger partial charge in [-0.1, -0.05) is 22.6 Å². The van der Waals surface area contributed by atoms with Gasteiger partial charge in [0.15, 0.2) is 11.2 Å². The van der Waals surface area contributed by atoms with E-state index in [1.807, 2.05) is 0 Å². The van der Waals surface area contributed by atoms with Gasteiger partial charge in [-0.25, -0.2) is 9.97 Å². The van der Waals surface area contributed by atoms with Crippen LogP contribution in [0.5, 0.6) is 0 Å². The second-order valence-electron chi connectivity index (χ2n) is 4.14. The summed E-state index contributed by atoms with van der Waals surface area (Å²) >= 11 is 2.18. The van der Waals surface area contributed by atoms with Gasteiger partial charge in [0, 0.05) is 10.8 Å². The minimum Gasteiger partial charge on any atom is -0.390 e. The standard InChI is InChI=1S/C10H11IN4O3/c11-2-6-5(16)1-7(18-6)15-4-14-8-9(15)12-3-13-10(8)17/h3-7,16H,1-2H2,(H,12,13,17)/t5-,6+,7+/m0/s1. The first-order chi connectivity index (χ1) is 8.70. The summed E-state index contributed by atoms with van der Waals surface area (Å²) in [7, 11) is 0. The molecule has 2 aromatic heterocycles. The number of H-pyrrole nitrogens is 1. The van der Waals surface area contributed by atoms with Gasteiger partial charge in [-0.15, -0.1) is 0 Å². The van der Waals surface area contributed by atoms with Crippen molar-refractivity contribution in [2.75, 3.05) is 4.43 Å². The Morgan fingerprint density at radius 3 is 3.17 bits per heavy atom. The predicted molar refractivity (Wildman–Crippen MR) is 71.6 cm³/mol. The van der Waals surface area contributed by atoms with Crippen LogP contribution in [0.2, 0.25) is 0 Å². The summed E-state index contributed by atoms with van der Waals surface area (Å²) in [6.45, 7) is 0. The average Bonchev–Trinajstić information content (AvgIpc) is 2.93. The van der Waals surface area contributed by atoms with Crippen molar-refractivity contribution in [2.24, 2.45) is 0 Å². The molecular weight excluding hydrogens is 351 g/mol. The van der Waals surface area contributed by atoms with E-state index in [1.54, 1.807) is 4.57 Å². The quantitative estimate of drug-likeness (QED) is 0.588. The van der Waals surface area contributed by atoms with Crippen molar-refractivity contribution in [2.45, 2.75) is 24.9 Å². The topological polar surface area (TPSA) is 93.0 Å². The maximum Gasteiger partial charge on any atom is 0.278 e. The highest BCUT2D eigenvalue weighted by Crippen LogP contribution is 2.30. The van der Waals surface area contributed by atoms with E-state index in [4.69, 9.17) is 4.74 Å². The van der Waals surface area contributed by atoms with Gasteiger partial charge in [0.1, 0.15) is 6.23 Å². The van der Waals surface area contributed by atoms with Crippen LogP contribution in [0.4, 0.5) is 0 Å². The highest BCUT2D eigenvalue weighted by atomic mass is 127. The monoisotopic (exact) mass is 362 g/mol. The minimum absolute atomic E-state index is 0.185. The van der Waals surface area contributed by atoms with Crippen molar-refractivity contribution >= 4 is 33.8 Å². The second-order valence-corrected chi connectivity index (χ2v) is 5.02. The third kappa shape index (κ3) is 1.84. The largest absolute Gasteiger partial charge is 0.390 e. The van der Waals surface area contributed by atoms with Crippen LogP contribution in [0.1, 0.15) is 12.6 Å².